The fourth-order valence-corrected chi connectivity index (χ4v) is 4.06. The third kappa shape index (κ3) is 5.55. The number of carbonyl (C=O) groups excluding carboxylic acids is 1. The molecule has 2 N–H and O–H groups in total. The van der Waals surface area contributed by atoms with Crippen LogP contribution in [-0.2, 0) is 4.79 Å². The van der Waals surface area contributed by atoms with Crippen molar-refractivity contribution in [2.24, 2.45) is 0 Å². The summed E-state index contributed by atoms with van der Waals surface area (Å²) < 4.78 is 1.78. The fraction of sp³-hybridized carbons (Fsp3) is 0.167. The molecule has 3 rings (SSSR count). The molecule has 1 unspecified atom stereocenters. The van der Waals surface area contributed by atoms with Crippen molar-refractivity contribution >= 4 is 55.8 Å². The summed E-state index contributed by atoms with van der Waals surface area (Å²) in [6, 6.07) is 17.7. The van der Waals surface area contributed by atoms with E-state index in [1.165, 1.54) is 23.1 Å². The van der Waals surface area contributed by atoms with Crippen LogP contribution in [0.4, 0.5) is 10.8 Å². The van der Waals surface area contributed by atoms with E-state index in [1.807, 2.05) is 61.5 Å². The topological polar surface area (TPSA) is 66.9 Å². The molecule has 134 valence electrons. The number of benzene rings is 2. The average molecular weight is 449 g/mol. The normalized spacial score (nSPS) is 11.8. The summed E-state index contributed by atoms with van der Waals surface area (Å²) in [6.07, 6.45) is 0. The molecule has 0 bridgehead atoms. The molecule has 3 aromatic rings. The number of para-hydroxylation sites is 1. The van der Waals surface area contributed by atoms with Crippen LogP contribution in [0.1, 0.15) is 18.5 Å². The summed E-state index contributed by atoms with van der Waals surface area (Å²) in [4.78, 5) is 12.2. The minimum absolute atomic E-state index is 0.0295. The molecule has 0 aliphatic heterocycles. The summed E-state index contributed by atoms with van der Waals surface area (Å²) in [5, 5.41) is 15.1. The van der Waals surface area contributed by atoms with Gasteiger partial charge in [-0.15, -0.1) is 10.2 Å². The molecule has 1 amide bonds. The predicted molar refractivity (Wildman–Crippen MR) is 111 cm³/mol. The van der Waals surface area contributed by atoms with Crippen molar-refractivity contribution in [3.63, 3.8) is 0 Å². The largest absolute Gasteiger partial charge is 0.349 e. The van der Waals surface area contributed by atoms with Gasteiger partial charge >= 0.3 is 0 Å². The highest BCUT2D eigenvalue weighted by atomic mass is 79.9. The molecule has 2 aromatic carbocycles. The van der Waals surface area contributed by atoms with Crippen LogP contribution in [0.2, 0.25) is 0 Å². The van der Waals surface area contributed by atoms with Crippen LogP contribution in [0.15, 0.2) is 63.4 Å². The molecule has 1 heterocycles. The first-order valence-electron chi connectivity index (χ1n) is 7.93. The van der Waals surface area contributed by atoms with Gasteiger partial charge in [0, 0.05) is 10.2 Å². The van der Waals surface area contributed by atoms with E-state index < -0.39 is 0 Å². The molecule has 0 saturated carbocycles. The maximum atomic E-state index is 12.2. The number of hydrogen-bond acceptors (Lipinski definition) is 6. The number of rotatable bonds is 7. The third-order valence-corrected chi connectivity index (χ3v) is 6.01. The molecule has 0 spiro atoms. The zero-order valence-corrected chi connectivity index (χ0v) is 17.2. The van der Waals surface area contributed by atoms with Gasteiger partial charge in [-0.05, 0) is 36.8 Å². The molecule has 26 heavy (non-hydrogen) atoms. The van der Waals surface area contributed by atoms with Gasteiger partial charge in [0.25, 0.3) is 0 Å². The Balaban J connectivity index is 1.48. The van der Waals surface area contributed by atoms with Crippen molar-refractivity contribution in [3.05, 3.63) is 64.6 Å². The SMILES string of the molecule is CC(NC(=O)CSc1nnc(Nc2ccccc2)s1)c1ccc(Br)cc1. The Labute approximate surface area is 168 Å². The maximum Gasteiger partial charge on any atom is 0.230 e. The minimum atomic E-state index is -0.0408. The number of aromatic nitrogens is 2. The van der Waals surface area contributed by atoms with Gasteiger partial charge in [0.15, 0.2) is 4.34 Å². The number of thioether (sulfide) groups is 1. The van der Waals surface area contributed by atoms with Crippen molar-refractivity contribution in [1.82, 2.24) is 15.5 Å². The highest BCUT2D eigenvalue weighted by molar-refractivity contribution is 9.10. The van der Waals surface area contributed by atoms with Crippen LogP contribution in [0.5, 0.6) is 0 Å². The van der Waals surface area contributed by atoms with E-state index in [9.17, 15) is 4.79 Å². The van der Waals surface area contributed by atoms with Gasteiger partial charge < -0.3 is 10.6 Å². The molecule has 0 radical (unpaired) electrons. The van der Waals surface area contributed by atoms with Crippen molar-refractivity contribution in [1.29, 1.82) is 0 Å². The van der Waals surface area contributed by atoms with Crippen LogP contribution in [0.3, 0.4) is 0 Å². The number of nitrogens with one attached hydrogen (secondary N) is 2. The molecule has 0 saturated heterocycles. The lowest BCUT2D eigenvalue weighted by Gasteiger charge is -2.14. The van der Waals surface area contributed by atoms with E-state index in [0.717, 1.165) is 20.1 Å². The summed E-state index contributed by atoms with van der Waals surface area (Å²) in [7, 11) is 0. The fourth-order valence-electron chi connectivity index (χ4n) is 2.21. The zero-order chi connectivity index (χ0) is 18.4. The molecule has 8 heteroatoms. The van der Waals surface area contributed by atoms with Gasteiger partial charge in [-0.2, -0.15) is 0 Å². The second-order valence-corrected chi connectivity index (χ2v) is 8.61. The van der Waals surface area contributed by atoms with E-state index in [4.69, 9.17) is 0 Å². The van der Waals surface area contributed by atoms with E-state index >= 15 is 0 Å². The quantitative estimate of drug-likeness (QED) is 0.497. The van der Waals surface area contributed by atoms with E-state index in [2.05, 4.69) is 36.8 Å². The lowest BCUT2D eigenvalue weighted by molar-refractivity contribution is -0.119. The van der Waals surface area contributed by atoms with Gasteiger partial charge in [-0.3, -0.25) is 4.79 Å². The number of nitrogens with zero attached hydrogens (tertiary/aromatic N) is 2. The first kappa shape index (κ1) is 18.9. The number of hydrogen-bond donors (Lipinski definition) is 2. The number of halogens is 1. The molecule has 1 atom stereocenters. The standard InChI is InChI=1S/C18H17BrN4OS2/c1-12(13-7-9-14(19)10-8-13)20-16(24)11-25-18-23-22-17(26-18)21-15-5-3-2-4-6-15/h2-10,12H,11H2,1H3,(H,20,24)(H,21,22). The minimum Gasteiger partial charge on any atom is -0.349 e. The Bertz CT molecular complexity index is 855. The summed E-state index contributed by atoms with van der Waals surface area (Å²) in [5.74, 6) is 0.277. The summed E-state index contributed by atoms with van der Waals surface area (Å²) in [5.41, 5.74) is 2.03. The third-order valence-electron chi connectivity index (χ3n) is 3.51. The van der Waals surface area contributed by atoms with Gasteiger partial charge in [-0.1, -0.05) is 69.4 Å². The molecule has 0 aliphatic rings. The van der Waals surface area contributed by atoms with Gasteiger partial charge in [-0.25, -0.2) is 0 Å². The van der Waals surface area contributed by atoms with Crippen molar-refractivity contribution in [3.8, 4) is 0 Å². The second-order valence-electron chi connectivity index (χ2n) is 5.49. The highest BCUT2D eigenvalue weighted by Crippen LogP contribution is 2.27. The second kappa shape index (κ2) is 9.16. The van der Waals surface area contributed by atoms with Gasteiger partial charge in [0.05, 0.1) is 11.8 Å². The molecular formula is C18H17BrN4OS2. The molecular weight excluding hydrogens is 432 g/mol. The Hall–Kier alpha value is -1.90. The Kier molecular flexibility index (Phi) is 6.65. The predicted octanol–water partition coefficient (Wildman–Crippen LogP) is 5.01. The van der Waals surface area contributed by atoms with Gasteiger partial charge in [0.2, 0.25) is 11.0 Å². The van der Waals surface area contributed by atoms with Crippen molar-refractivity contribution < 1.29 is 4.79 Å². The van der Waals surface area contributed by atoms with Crippen molar-refractivity contribution in [2.45, 2.75) is 17.3 Å². The number of carbonyl (C=O) groups is 1. The maximum absolute atomic E-state index is 12.2. The van der Waals surface area contributed by atoms with Crippen LogP contribution in [0.25, 0.3) is 0 Å². The highest BCUT2D eigenvalue weighted by Gasteiger charge is 2.12. The lowest BCUT2D eigenvalue weighted by atomic mass is 10.1. The average Bonchev–Trinajstić information content (AvgIpc) is 3.09. The first-order chi connectivity index (χ1) is 12.6. The molecule has 1 aromatic heterocycles. The number of amides is 1. The summed E-state index contributed by atoms with van der Waals surface area (Å²) >= 11 is 6.23. The van der Waals surface area contributed by atoms with E-state index in [-0.39, 0.29) is 11.9 Å². The van der Waals surface area contributed by atoms with Crippen LogP contribution >= 0.6 is 39.0 Å². The van der Waals surface area contributed by atoms with Crippen LogP contribution in [-0.4, -0.2) is 21.9 Å². The molecule has 0 fully saturated rings. The van der Waals surface area contributed by atoms with Crippen LogP contribution in [0, 0.1) is 0 Å². The van der Waals surface area contributed by atoms with E-state index in [1.54, 1.807) is 0 Å². The Morgan fingerprint density at radius 1 is 1.15 bits per heavy atom. The zero-order valence-electron chi connectivity index (χ0n) is 14.0. The van der Waals surface area contributed by atoms with Crippen LogP contribution < -0.4 is 10.6 Å². The number of anilines is 2. The first-order valence-corrected chi connectivity index (χ1v) is 10.5. The molecule has 5 nitrogen and oxygen atoms in total. The van der Waals surface area contributed by atoms with Gasteiger partial charge in [0.1, 0.15) is 0 Å². The van der Waals surface area contributed by atoms with Crippen molar-refractivity contribution in [2.75, 3.05) is 11.1 Å². The Morgan fingerprint density at radius 2 is 1.88 bits per heavy atom. The summed E-state index contributed by atoms with van der Waals surface area (Å²) in [6.45, 7) is 1.97. The molecule has 0 aliphatic carbocycles. The smallest absolute Gasteiger partial charge is 0.230 e. The lowest BCUT2D eigenvalue weighted by Crippen LogP contribution is -2.28. The Morgan fingerprint density at radius 3 is 2.62 bits per heavy atom. The monoisotopic (exact) mass is 448 g/mol. The van der Waals surface area contributed by atoms with E-state index in [0.29, 0.717) is 10.9 Å².